The zero-order valence-corrected chi connectivity index (χ0v) is 15.7. The number of amides is 1. The Kier molecular flexibility index (Phi) is 4.22. The summed E-state index contributed by atoms with van der Waals surface area (Å²) in [5.41, 5.74) is 3.37. The van der Waals surface area contributed by atoms with Crippen molar-refractivity contribution in [3.05, 3.63) is 22.9 Å². The van der Waals surface area contributed by atoms with Crippen LogP contribution in [0.15, 0.2) is 6.07 Å². The van der Waals surface area contributed by atoms with E-state index in [-0.39, 0.29) is 5.91 Å². The van der Waals surface area contributed by atoms with Crippen LogP contribution in [0.2, 0.25) is 0 Å². The number of anilines is 1. The van der Waals surface area contributed by atoms with E-state index in [4.69, 9.17) is 9.72 Å². The molecule has 4 rings (SSSR count). The quantitative estimate of drug-likeness (QED) is 0.824. The monoisotopic (exact) mass is 343 g/mol. The molecule has 2 fully saturated rings. The van der Waals surface area contributed by atoms with Gasteiger partial charge in [-0.2, -0.15) is 0 Å². The average molecular weight is 343 g/mol. The van der Waals surface area contributed by atoms with Gasteiger partial charge in [0.25, 0.3) is 5.91 Å². The number of nitrogens with zero attached hydrogens (tertiary/aromatic N) is 3. The fourth-order valence-electron chi connectivity index (χ4n) is 3.83. The molecule has 3 heterocycles. The van der Waals surface area contributed by atoms with Crippen molar-refractivity contribution in [3.63, 3.8) is 0 Å². The summed E-state index contributed by atoms with van der Waals surface area (Å²) in [7, 11) is 1.85. The molecule has 0 aromatic carbocycles. The minimum atomic E-state index is 0.101. The molecular weight excluding hydrogens is 314 g/mol. The van der Waals surface area contributed by atoms with Crippen LogP contribution < -0.4 is 4.90 Å². The third-order valence-corrected chi connectivity index (χ3v) is 6.02. The first-order chi connectivity index (χ1) is 12.0. The van der Waals surface area contributed by atoms with Gasteiger partial charge in [0, 0.05) is 20.1 Å². The second kappa shape index (κ2) is 6.27. The summed E-state index contributed by atoms with van der Waals surface area (Å²) < 4.78 is 6.15. The molecule has 0 atom stereocenters. The van der Waals surface area contributed by atoms with Crippen molar-refractivity contribution in [1.82, 2.24) is 9.88 Å². The molecule has 1 saturated carbocycles. The molecule has 0 radical (unpaired) electrons. The lowest BCUT2D eigenvalue weighted by Gasteiger charge is -2.34. The maximum atomic E-state index is 12.2. The number of carbonyl (C=O) groups is 1. The number of rotatable bonds is 5. The minimum absolute atomic E-state index is 0.101. The standard InChI is InChI=1S/C20H29N3O2/c1-4-14-11-16-17(12-22(3)19(16)24)21-18(14)23-9-5-15(6-10-23)25-13-20(2)7-8-20/h11,15H,4-10,12-13H2,1-3H3. The van der Waals surface area contributed by atoms with Crippen LogP contribution in [0, 0.1) is 5.41 Å². The van der Waals surface area contributed by atoms with Gasteiger partial charge in [0.2, 0.25) is 0 Å². The van der Waals surface area contributed by atoms with Crippen LogP contribution in [0.25, 0.3) is 0 Å². The lowest BCUT2D eigenvalue weighted by molar-refractivity contribution is 0.0126. The van der Waals surface area contributed by atoms with Gasteiger partial charge in [0.1, 0.15) is 5.82 Å². The highest BCUT2D eigenvalue weighted by Crippen LogP contribution is 2.45. The van der Waals surface area contributed by atoms with E-state index >= 15 is 0 Å². The maximum absolute atomic E-state index is 12.2. The highest BCUT2D eigenvalue weighted by Gasteiger charge is 2.38. The molecular formula is C20H29N3O2. The van der Waals surface area contributed by atoms with E-state index in [0.29, 0.717) is 18.1 Å². The number of fused-ring (bicyclic) bond motifs is 1. The van der Waals surface area contributed by atoms with Gasteiger partial charge in [-0.1, -0.05) is 13.8 Å². The Morgan fingerprint density at radius 1 is 1.32 bits per heavy atom. The first-order valence-electron chi connectivity index (χ1n) is 9.64. The van der Waals surface area contributed by atoms with E-state index in [1.54, 1.807) is 4.90 Å². The molecule has 1 aliphatic carbocycles. The minimum Gasteiger partial charge on any atom is -0.378 e. The van der Waals surface area contributed by atoms with Crippen LogP contribution in [-0.2, 0) is 17.7 Å². The van der Waals surface area contributed by atoms with Gasteiger partial charge in [0.15, 0.2) is 0 Å². The number of aryl methyl sites for hydroxylation is 1. The van der Waals surface area contributed by atoms with E-state index < -0.39 is 0 Å². The molecule has 0 spiro atoms. The number of aromatic nitrogens is 1. The van der Waals surface area contributed by atoms with Gasteiger partial charge in [-0.15, -0.1) is 0 Å². The zero-order valence-electron chi connectivity index (χ0n) is 15.7. The number of carbonyl (C=O) groups excluding carboxylic acids is 1. The molecule has 5 heteroatoms. The Labute approximate surface area is 150 Å². The second-order valence-electron chi connectivity index (χ2n) is 8.29. The smallest absolute Gasteiger partial charge is 0.255 e. The fourth-order valence-corrected chi connectivity index (χ4v) is 3.83. The van der Waals surface area contributed by atoms with Gasteiger partial charge < -0.3 is 14.5 Å². The molecule has 0 bridgehead atoms. The molecule has 25 heavy (non-hydrogen) atoms. The van der Waals surface area contributed by atoms with Crippen molar-refractivity contribution in [1.29, 1.82) is 0 Å². The molecule has 1 amide bonds. The summed E-state index contributed by atoms with van der Waals surface area (Å²) in [6, 6.07) is 2.07. The van der Waals surface area contributed by atoms with E-state index in [0.717, 1.165) is 56.0 Å². The van der Waals surface area contributed by atoms with E-state index in [9.17, 15) is 4.79 Å². The summed E-state index contributed by atoms with van der Waals surface area (Å²) in [5, 5.41) is 0. The van der Waals surface area contributed by atoms with Crippen LogP contribution >= 0.6 is 0 Å². The lowest BCUT2D eigenvalue weighted by atomic mass is 10.0. The molecule has 0 unspecified atom stereocenters. The normalized spacial score (nSPS) is 22.4. The SMILES string of the molecule is CCc1cc2c(nc1N1CCC(OCC3(C)CC3)CC1)CN(C)C2=O. The third kappa shape index (κ3) is 3.26. The van der Waals surface area contributed by atoms with Gasteiger partial charge >= 0.3 is 0 Å². The molecule has 1 aromatic heterocycles. The molecule has 1 saturated heterocycles. The number of hydrogen-bond acceptors (Lipinski definition) is 4. The molecule has 0 N–H and O–H groups in total. The Morgan fingerprint density at radius 3 is 2.68 bits per heavy atom. The largest absolute Gasteiger partial charge is 0.378 e. The first-order valence-corrected chi connectivity index (χ1v) is 9.64. The van der Waals surface area contributed by atoms with Crippen LogP contribution in [-0.4, -0.2) is 48.6 Å². The third-order valence-electron chi connectivity index (χ3n) is 6.02. The van der Waals surface area contributed by atoms with Crippen molar-refractivity contribution in [2.24, 2.45) is 5.41 Å². The molecule has 136 valence electrons. The highest BCUT2D eigenvalue weighted by molar-refractivity contribution is 5.98. The van der Waals surface area contributed by atoms with Gasteiger partial charge in [-0.05, 0) is 49.1 Å². The number of piperidine rings is 1. The summed E-state index contributed by atoms with van der Waals surface area (Å²) >= 11 is 0. The van der Waals surface area contributed by atoms with Crippen molar-refractivity contribution in [2.75, 3.05) is 31.6 Å². The number of hydrogen-bond donors (Lipinski definition) is 0. The highest BCUT2D eigenvalue weighted by atomic mass is 16.5. The van der Waals surface area contributed by atoms with E-state index in [1.165, 1.54) is 18.4 Å². The Bertz CT molecular complexity index is 676. The molecule has 5 nitrogen and oxygen atoms in total. The number of pyridine rings is 1. The van der Waals surface area contributed by atoms with Crippen molar-refractivity contribution >= 4 is 11.7 Å². The summed E-state index contributed by atoms with van der Waals surface area (Å²) in [4.78, 5) is 21.2. The Morgan fingerprint density at radius 2 is 2.04 bits per heavy atom. The van der Waals surface area contributed by atoms with Crippen molar-refractivity contribution in [3.8, 4) is 0 Å². The second-order valence-corrected chi connectivity index (χ2v) is 8.29. The Hall–Kier alpha value is -1.62. The first kappa shape index (κ1) is 16.8. The maximum Gasteiger partial charge on any atom is 0.255 e. The Balaban J connectivity index is 1.44. The average Bonchev–Trinajstić information content (AvgIpc) is 3.30. The summed E-state index contributed by atoms with van der Waals surface area (Å²) in [6.45, 7) is 7.99. The van der Waals surface area contributed by atoms with E-state index in [2.05, 4.69) is 24.8 Å². The molecule has 3 aliphatic rings. The topological polar surface area (TPSA) is 45.7 Å². The van der Waals surface area contributed by atoms with Crippen LogP contribution in [0.1, 0.15) is 61.1 Å². The van der Waals surface area contributed by atoms with Crippen molar-refractivity contribution < 1.29 is 9.53 Å². The predicted octanol–water partition coefficient (Wildman–Crippen LogP) is 3.02. The van der Waals surface area contributed by atoms with E-state index in [1.807, 2.05) is 7.05 Å². The van der Waals surface area contributed by atoms with Crippen molar-refractivity contribution in [2.45, 2.75) is 58.6 Å². The van der Waals surface area contributed by atoms with Crippen LogP contribution in [0.3, 0.4) is 0 Å². The predicted molar refractivity (Wildman–Crippen MR) is 97.9 cm³/mol. The van der Waals surface area contributed by atoms with Crippen LogP contribution in [0.4, 0.5) is 5.82 Å². The summed E-state index contributed by atoms with van der Waals surface area (Å²) in [6.07, 6.45) is 6.06. The van der Waals surface area contributed by atoms with Crippen LogP contribution in [0.5, 0.6) is 0 Å². The van der Waals surface area contributed by atoms with Gasteiger partial charge in [-0.3, -0.25) is 4.79 Å². The van der Waals surface area contributed by atoms with Gasteiger partial charge in [0.05, 0.1) is 30.5 Å². The zero-order chi connectivity index (χ0) is 17.6. The molecule has 2 aliphatic heterocycles. The number of ether oxygens (including phenoxy) is 1. The van der Waals surface area contributed by atoms with Gasteiger partial charge in [-0.25, -0.2) is 4.98 Å². The summed E-state index contributed by atoms with van der Waals surface area (Å²) in [5.74, 6) is 1.18. The molecule has 1 aromatic rings. The lowest BCUT2D eigenvalue weighted by Crippen LogP contribution is -2.38. The fraction of sp³-hybridized carbons (Fsp3) is 0.700.